The predicted molar refractivity (Wildman–Crippen MR) is 127 cm³/mol. The maximum Gasteiger partial charge on any atom is 0.276 e. The second-order valence-corrected chi connectivity index (χ2v) is 8.52. The topological polar surface area (TPSA) is 54.3 Å². The SMILES string of the molecule is Cc1ccccc1N1CCN(C(=O)c2cn(Cc3cccc4ccccc34)nn2)C(C)C1. The van der Waals surface area contributed by atoms with Crippen LogP contribution in [-0.2, 0) is 6.54 Å². The summed E-state index contributed by atoms with van der Waals surface area (Å²) in [5.74, 6) is -0.0499. The zero-order chi connectivity index (χ0) is 22.1. The fourth-order valence-corrected chi connectivity index (χ4v) is 4.62. The quantitative estimate of drug-likeness (QED) is 0.493. The number of piperazine rings is 1. The van der Waals surface area contributed by atoms with Gasteiger partial charge in [-0.1, -0.05) is 65.9 Å². The van der Waals surface area contributed by atoms with Gasteiger partial charge in [0.1, 0.15) is 0 Å². The molecule has 0 radical (unpaired) electrons. The Balaban J connectivity index is 1.29. The number of hydrogen-bond donors (Lipinski definition) is 0. The molecule has 4 aromatic rings. The van der Waals surface area contributed by atoms with Crippen molar-refractivity contribution in [3.05, 3.63) is 89.7 Å². The lowest BCUT2D eigenvalue weighted by Crippen LogP contribution is -2.54. The van der Waals surface area contributed by atoms with Crippen LogP contribution in [0.4, 0.5) is 5.69 Å². The minimum Gasteiger partial charge on any atom is -0.367 e. The molecule has 1 aliphatic rings. The first-order chi connectivity index (χ1) is 15.6. The molecule has 3 aromatic carbocycles. The third-order valence-electron chi connectivity index (χ3n) is 6.31. The van der Waals surface area contributed by atoms with Crippen molar-refractivity contribution < 1.29 is 4.79 Å². The van der Waals surface area contributed by atoms with Gasteiger partial charge in [0.05, 0.1) is 12.7 Å². The molecule has 5 rings (SSSR count). The number of rotatable bonds is 4. The van der Waals surface area contributed by atoms with E-state index >= 15 is 0 Å². The second-order valence-electron chi connectivity index (χ2n) is 8.52. The van der Waals surface area contributed by atoms with Crippen LogP contribution in [0.3, 0.4) is 0 Å². The summed E-state index contributed by atoms with van der Waals surface area (Å²) < 4.78 is 1.75. The lowest BCUT2D eigenvalue weighted by molar-refractivity contribution is 0.0668. The zero-order valence-corrected chi connectivity index (χ0v) is 18.5. The van der Waals surface area contributed by atoms with E-state index in [4.69, 9.17) is 0 Å². The van der Waals surface area contributed by atoms with Gasteiger partial charge in [-0.15, -0.1) is 5.10 Å². The summed E-state index contributed by atoms with van der Waals surface area (Å²) >= 11 is 0. The second kappa shape index (κ2) is 8.46. The number of benzene rings is 3. The van der Waals surface area contributed by atoms with E-state index in [9.17, 15) is 4.79 Å². The van der Waals surface area contributed by atoms with Gasteiger partial charge in [-0.25, -0.2) is 4.68 Å². The highest BCUT2D eigenvalue weighted by molar-refractivity contribution is 5.92. The Morgan fingerprint density at radius 1 is 1.00 bits per heavy atom. The molecular weight excluding hydrogens is 398 g/mol. The van der Waals surface area contributed by atoms with E-state index in [1.807, 2.05) is 17.0 Å². The molecule has 0 aliphatic carbocycles. The van der Waals surface area contributed by atoms with E-state index in [1.165, 1.54) is 22.0 Å². The Morgan fingerprint density at radius 3 is 2.62 bits per heavy atom. The number of aryl methyl sites for hydroxylation is 1. The lowest BCUT2D eigenvalue weighted by Gasteiger charge is -2.41. The molecule has 1 atom stereocenters. The van der Waals surface area contributed by atoms with Gasteiger partial charge in [-0.2, -0.15) is 0 Å². The molecule has 0 bridgehead atoms. The van der Waals surface area contributed by atoms with Crippen molar-refractivity contribution in [3.63, 3.8) is 0 Å². The summed E-state index contributed by atoms with van der Waals surface area (Å²) in [6.07, 6.45) is 1.77. The minimum atomic E-state index is -0.0499. The van der Waals surface area contributed by atoms with Crippen LogP contribution in [0.15, 0.2) is 72.9 Å². The van der Waals surface area contributed by atoms with Crippen molar-refractivity contribution in [2.45, 2.75) is 26.4 Å². The van der Waals surface area contributed by atoms with Crippen molar-refractivity contribution in [3.8, 4) is 0 Å². The number of carbonyl (C=O) groups excluding carboxylic acids is 1. The summed E-state index contributed by atoms with van der Waals surface area (Å²) in [5, 5.41) is 10.8. The zero-order valence-electron chi connectivity index (χ0n) is 18.5. The van der Waals surface area contributed by atoms with Crippen LogP contribution in [0, 0.1) is 6.92 Å². The maximum atomic E-state index is 13.2. The van der Waals surface area contributed by atoms with E-state index in [0.29, 0.717) is 18.8 Å². The van der Waals surface area contributed by atoms with Crippen LogP contribution in [0.5, 0.6) is 0 Å². The number of para-hydroxylation sites is 1. The van der Waals surface area contributed by atoms with Gasteiger partial charge in [-0.3, -0.25) is 4.79 Å². The molecule has 0 saturated carbocycles. The van der Waals surface area contributed by atoms with Gasteiger partial charge >= 0.3 is 0 Å². The number of carbonyl (C=O) groups is 1. The fraction of sp³-hybridized carbons (Fsp3) is 0.269. The molecule has 6 heteroatoms. The van der Waals surface area contributed by atoms with Crippen molar-refractivity contribution in [1.29, 1.82) is 0 Å². The molecule has 1 amide bonds. The number of anilines is 1. The van der Waals surface area contributed by atoms with Gasteiger partial charge < -0.3 is 9.80 Å². The van der Waals surface area contributed by atoms with E-state index in [-0.39, 0.29) is 11.9 Å². The van der Waals surface area contributed by atoms with Gasteiger partial charge in [0.25, 0.3) is 5.91 Å². The first-order valence-electron chi connectivity index (χ1n) is 11.1. The number of aromatic nitrogens is 3. The number of fused-ring (bicyclic) bond motifs is 1. The van der Waals surface area contributed by atoms with Crippen molar-refractivity contribution in [2.24, 2.45) is 0 Å². The van der Waals surface area contributed by atoms with Gasteiger partial charge in [0, 0.05) is 31.4 Å². The summed E-state index contributed by atoms with van der Waals surface area (Å²) in [6, 6.07) is 23.1. The molecule has 1 aliphatic heterocycles. The standard InChI is InChI=1S/C26H27N5O/c1-19-8-3-6-13-25(19)29-14-15-31(20(2)16-29)26(32)24-18-30(28-27-24)17-22-11-7-10-21-9-4-5-12-23(21)22/h3-13,18,20H,14-17H2,1-2H3. The van der Waals surface area contributed by atoms with Crippen molar-refractivity contribution >= 4 is 22.4 Å². The number of hydrogen-bond acceptors (Lipinski definition) is 4. The fourth-order valence-electron chi connectivity index (χ4n) is 4.62. The molecule has 32 heavy (non-hydrogen) atoms. The Hall–Kier alpha value is -3.67. The Kier molecular flexibility index (Phi) is 5.35. The lowest BCUT2D eigenvalue weighted by atomic mass is 10.0. The van der Waals surface area contributed by atoms with E-state index in [1.54, 1.807) is 10.9 Å². The highest BCUT2D eigenvalue weighted by Gasteiger charge is 2.30. The van der Waals surface area contributed by atoms with Crippen LogP contribution in [-0.4, -0.2) is 51.5 Å². The van der Waals surface area contributed by atoms with Crippen LogP contribution in [0.25, 0.3) is 10.8 Å². The first kappa shape index (κ1) is 20.2. The van der Waals surface area contributed by atoms with Gasteiger partial charge in [0.15, 0.2) is 5.69 Å². The van der Waals surface area contributed by atoms with E-state index < -0.39 is 0 Å². The average Bonchev–Trinajstić information content (AvgIpc) is 3.28. The average molecular weight is 426 g/mol. The van der Waals surface area contributed by atoms with Crippen molar-refractivity contribution in [2.75, 3.05) is 24.5 Å². The van der Waals surface area contributed by atoms with Crippen LogP contribution in [0.2, 0.25) is 0 Å². The molecule has 1 aromatic heterocycles. The molecule has 6 nitrogen and oxygen atoms in total. The highest BCUT2D eigenvalue weighted by Crippen LogP contribution is 2.24. The summed E-state index contributed by atoms with van der Waals surface area (Å²) in [5.41, 5.74) is 4.07. The molecule has 1 unspecified atom stereocenters. The molecule has 2 heterocycles. The van der Waals surface area contributed by atoms with Crippen LogP contribution in [0.1, 0.15) is 28.5 Å². The maximum absolute atomic E-state index is 13.2. The molecule has 0 spiro atoms. The van der Waals surface area contributed by atoms with Gasteiger partial charge in [-0.05, 0) is 41.8 Å². The van der Waals surface area contributed by atoms with Crippen LogP contribution >= 0.6 is 0 Å². The molecule has 1 saturated heterocycles. The summed E-state index contributed by atoms with van der Waals surface area (Å²) in [7, 11) is 0. The summed E-state index contributed by atoms with van der Waals surface area (Å²) in [6.45, 7) is 7.10. The van der Waals surface area contributed by atoms with Crippen molar-refractivity contribution in [1.82, 2.24) is 19.9 Å². The Morgan fingerprint density at radius 2 is 1.78 bits per heavy atom. The molecule has 162 valence electrons. The normalized spacial score (nSPS) is 16.5. The summed E-state index contributed by atoms with van der Waals surface area (Å²) in [4.78, 5) is 17.5. The smallest absolute Gasteiger partial charge is 0.276 e. The Labute approximate surface area is 188 Å². The largest absolute Gasteiger partial charge is 0.367 e. The predicted octanol–water partition coefficient (Wildman–Crippen LogP) is 4.14. The third kappa shape index (κ3) is 3.84. The van der Waals surface area contributed by atoms with Crippen LogP contribution < -0.4 is 4.90 Å². The molecule has 0 N–H and O–H groups in total. The monoisotopic (exact) mass is 425 g/mol. The first-order valence-corrected chi connectivity index (χ1v) is 11.1. The highest BCUT2D eigenvalue weighted by atomic mass is 16.2. The molecular formula is C26H27N5O. The van der Waals surface area contributed by atoms with Gasteiger partial charge in [0.2, 0.25) is 0 Å². The minimum absolute atomic E-state index is 0.0499. The number of nitrogens with zero attached hydrogens (tertiary/aromatic N) is 5. The molecule has 1 fully saturated rings. The Bertz CT molecular complexity index is 1260. The van der Waals surface area contributed by atoms with E-state index in [0.717, 1.165) is 18.7 Å². The third-order valence-corrected chi connectivity index (χ3v) is 6.31. The number of amides is 1. The van der Waals surface area contributed by atoms with E-state index in [2.05, 4.69) is 83.7 Å².